The van der Waals surface area contributed by atoms with Gasteiger partial charge in [-0.3, -0.25) is 34.0 Å². The minimum Gasteiger partial charge on any atom is -0.508 e. The predicted molar refractivity (Wildman–Crippen MR) is 274 cm³/mol. The first-order valence-electron chi connectivity index (χ1n) is 25.2. The largest absolute Gasteiger partial charge is 0.508 e. The molecule has 3 aliphatic heterocycles. The summed E-state index contributed by atoms with van der Waals surface area (Å²) in [5.41, 5.74) is 9.58. The van der Waals surface area contributed by atoms with Crippen molar-refractivity contribution in [1.29, 1.82) is 0 Å². The second-order valence-corrected chi connectivity index (χ2v) is 20.9. The number of carbonyl (C=O) groups is 5. The number of benzene rings is 2. The molecule has 5 heterocycles. The number of aromatic nitrogens is 2. The lowest BCUT2D eigenvalue weighted by Gasteiger charge is -2.38. The number of likely N-dealkylation sites (N-methyl/N-ethyl adjacent to an activating group) is 2. The quantitative estimate of drug-likeness (QED) is 0.107. The molecule has 3 unspecified atom stereocenters. The van der Waals surface area contributed by atoms with E-state index in [4.69, 9.17) is 14.5 Å². The van der Waals surface area contributed by atoms with Gasteiger partial charge in [-0.05, 0) is 125 Å². The lowest BCUT2D eigenvalue weighted by molar-refractivity contribution is -0.155. The molecule has 3 aliphatic rings. The SMILES string of the molecule is CCn1c(-c2cccnc2C(C)OC)c2c3cc(ccc31)-c1cc(O)cc(c1)CC(NC(=O)C(C(C)C)N(C)C(=O)C1CCN(C(=O)/C=C/CN(C)C)CC1)C(=O)N1CCC[C@H](N1)C(=O)OCC(C)(C)C2. The molecule has 16 nitrogen and oxygen atoms in total. The van der Waals surface area contributed by atoms with Gasteiger partial charge in [0.1, 0.15) is 23.9 Å². The number of hydrogen-bond acceptors (Lipinski definition) is 11. The molecular formula is C55H74N8O8. The summed E-state index contributed by atoms with van der Waals surface area (Å²) in [6.07, 6.45) is 7.31. The van der Waals surface area contributed by atoms with E-state index in [0.29, 0.717) is 63.8 Å². The Morgan fingerprint density at radius 2 is 1.76 bits per heavy atom. The van der Waals surface area contributed by atoms with Gasteiger partial charge in [0.05, 0.1) is 24.1 Å². The van der Waals surface area contributed by atoms with Crippen LogP contribution in [0.3, 0.4) is 0 Å². The number of nitrogens with zero attached hydrogens (tertiary/aromatic N) is 6. The highest BCUT2D eigenvalue weighted by molar-refractivity contribution is 5.96. The lowest BCUT2D eigenvalue weighted by Crippen LogP contribution is -2.62. The Labute approximate surface area is 418 Å². The van der Waals surface area contributed by atoms with Crippen molar-refractivity contribution in [2.45, 2.75) is 111 Å². The monoisotopic (exact) mass is 975 g/mol. The number of methoxy groups -OCH3 is 1. The number of aryl methyl sites for hydroxylation is 1. The van der Waals surface area contributed by atoms with Crippen LogP contribution in [0.5, 0.6) is 5.75 Å². The Kier molecular flexibility index (Phi) is 16.7. The van der Waals surface area contributed by atoms with E-state index in [1.54, 1.807) is 43.5 Å². The number of phenols is 1. The fourth-order valence-electron chi connectivity index (χ4n) is 10.5. The smallest absolute Gasteiger partial charge is 0.324 e. The van der Waals surface area contributed by atoms with Crippen LogP contribution in [0.25, 0.3) is 33.3 Å². The first-order valence-corrected chi connectivity index (χ1v) is 25.2. The summed E-state index contributed by atoms with van der Waals surface area (Å²) in [5.74, 6) is -2.46. The van der Waals surface area contributed by atoms with Crippen LogP contribution in [0.15, 0.2) is 66.9 Å². The van der Waals surface area contributed by atoms with E-state index in [1.807, 2.05) is 64.0 Å². The number of esters is 1. The third-order valence-corrected chi connectivity index (χ3v) is 14.2. The number of amides is 4. The molecule has 4 aromatic rings. The van der Waals surface area contributed by atoms with Crippen LogP contribution in [-0.4, -0.2) is 143 Å². The maximum Gasteiger partial charge on any atom is 0.324 e. The van der Waals surface area contributed by atoms with E-state index in [0.717, 1.165) is 44.5 Å². The minimum atomic E-state index is -1.16. The topological polar surface area (TPSA) is 179 Å². The van der Waals surface area contributed by atoms with Gasteiger partial charge < -0.3 is 39.2 Å². The number of phenolic OH excluding ortho intramolecular Hbond substituents is 1. The van der Waals surface area contributed by atoms with Crippen LogP contribution in [0.1, 0.15) is 90.2 Å². The van der Waals surface area contributed by atoms with Crippen molar-refractivity contribution < 1.29 is 38.6 Å². The first-order chi connectivity index (χ1) is 33.8. The first kappa shape index (κ1) is 52.7. The van der Waals surface area contributed by atoms with Gasteiger partial charge in [0.15, 0.2) is 0 Å². The summed E-state index contributed by atoms with van der Waals surface area (Å²) >= 11 is 0. The van der Waals surface area contributed by atoms with Crippen molar-refractivity contribution in [2.75, 3.05) is 61.0 Å². The van der Waals surface area contributed by atoms with E-state index >= 15 is 0 Å². The number of rotatable bonds is 12. The van der Waals surface area contributed by atoms with Gasteiger partial charge in [0, 0.05) is 93.4 Å². The summed E-state index contributed by atoms with van der Waals surface area (Å²) in [6.45, 7) is 14.5. The number of pyridine rings is 1. The summed E-state index contributed by atoms with van der Waals surface area (Å²) in [4.78, 5) is 80.5. The molecule has 0 spiro atoms. The Bertz CT molecular complexity index is 2630. The molecule has 3 N–H and O–H groups in total. The zero-order valence-corrected chi connectivity index (χ0v) is 43.3. The molecule has 4 amide bonds. The second-order valence-electron chi connectivity index (χ2n) is 20.9. The highest BCUT2D eigenvalue weighted by atomic mass is 16.5. The molecule has 7 rings (SSSR count). The van der Waals surface area contributed by atoms with Gasteiger partial charge in [0.2, 0.25) is 17.7 Å². The van der Waals surface area contributed by atoms with Crippen molar-refractivity contribution in [3.05, 3.63) is 83.7 Å². The number of aromatic hydroxyl groups is 1. The molecule has 382 valence electrons. The second kappa shape index (κ2) is 22.5. The summed E-state index contributed by atoms with van der Waals surface area (Å²) < 4.78 is 14.2. The number of hydrazine groups is 1. The van der Waals surface area contributed by atoms with E-state index in [9.17, 15) is 29.1 Å². The molecule has 4 atom stereocenters. The summed E-state index contributed by atoms with van der Waals surface area (Å²) in [6, 6.07) is 12.6. The van der Waals surface area contributed by atoms with Gasteiger partial charge in [0.25, 0.3) is 5.91 Å². The van der Waals surface area contributed by atoms with E-state index in [-0.39, 0.29) is 55.1 Å². The fraction of sp³-hybridized carbons (Fsp3) is 0.527. The molecular weight excluding hydrogens is 901 g/mol. The molecule has 0 aliphatic carbocycles. The average Bonchev–Trinajstić information content (AvgIpc) is 3.65. The molecule has 71 heavy (non-hydrogen) atoms. The summed E-state index contributed by atoms with van der Waals surface area (Å²) in [7, 11) is 7.16. The third-order valence-electron chi connectivity index (χ3n) is 14.2. The van der Waals surface area contributed by atoms with Crippen LogP contribution in [-0.2, 0) is 52.8 Å². The van der Waals surface area contributed by atoms with Crippen molar-refractivity contribution in [1.82, 2.24) is 40.0 Å². The van der Waals surface area contributed by atoms with E-state index in [2.05, 4.69) is 54.3 Å². The van der Waals surface area contributed by atoms with E-state index < -0.39 is 41.3 Å². The van der Waals surface area contributed by atoms with Crippen LogP contribution < -0.4 is 10.7 Å². The van der Waals surface area contributed by atoms with Crippen LogP contribution in [0.4, 0.5) is 0 Å². The number of nitrogens with one attached hydrogen (secondary N) is 2. The van der Waals surface area contributed by atoms with Gasteiger partial charge in [-0.1, -0.05) is 45.9 Å². The van der Waals surface area contributed by atoms with Crippen molar-refractivity contribution in [3.63, 3.8) is 0 Å². The van der Waals surface area contributed by atoms with Crippen molar-refractivity contribution in [3.8, 4) is 28.1 Å². The molecule has 2 aromatic carbocycles. The average molecular weight is 975 g/mol. The maximum absolute atomic E-state index is 14.8. The molecule has 0 radical (unpaired) electrons. The highest BCUT2D eigenvalue weighted by Crippen LogP contribution is 2.42. The third kappa shape index (κ3) is 12.0. The zero-order chi connectivity index (χ0) is 51.3. The Balaban J connectivity index is 1.24. The van der Waals surface area contributed by atoms with Crippen molar-refractivity contribution >= 4 is 40.5 Å². The van der Waals surface area contributed by atoms with E-state index in [1.165, 1.54) is 9.91 Å². The minimum absolute atomic E-state index is 0.00324. The number of carbonyl (C=O) groups excluding carboxylic acids is 5. The standard InChI is InChI=1S/C55H74N8O8/c1-11-62-46-19-18-38-31-42(46)43(50(62)41-15-12-22-56-48(41)35(4)70-10)32-55(5,6)33-71-54(69)44-16-13-24-63(58-44)53(68)45(29-36-27-39(38)30-40(64)28-36)57-51(66)49(34(2)3)60(9)52(67)37-20-25-61(26-21-37)47(65)17-14-23-59(7)8/h12,14-15,17-19,22,27-28,30-31,34-35,37,44-45,49,58,64H,11,13,16,20-21,23-26,29,32-33H2,1-10H3,(H,57,66)/b17-14+/t35?,44-,45?,49?/m0/s1. The Morgan fingerprint density at radius 3 is 2.45 bits per heavy atom. The zero-order valence-electron chi connectivity index (χ0n) is 43.3. The normalized spacial score (nSPS) is 20.0. The number of piperidine rings is 1. The molecule has 2 aromatic heterocycles. The fourth-order valence-corrected chi connectivity index (χ4v) is 10.5. The number of fused-ring (bicyclic) bond motifs is 6. The van der Waals surface area contributed by atoms with Crippen LogP contribution >= 0.6 is 0 Å². The molecule has 6 bridgehead atoms. The van der Waals surface area contributed by atoms with Crippen LogP contribution in [0, 0.1) is 17.3 Å². The molecule has 2 fully saturated rings. The van der Waals surface area contributed by atoms with Crippen molar-refractivity contribution in [2.24, 2.45) is 17.3 Å². The van der Waals surface area contributed by atoms with Gasteiger partial charge in [-0.2, -0.15) is 0 Å². The van der Waals surface area contributed by atoms with Gasteiger partial charge >= 0.3 is 5.97 Å². The molecule has 0 saturated carbocycles. The number of hydrogen-bond donors (Lipinski definition) is 3. The maximum atomic E-state index is 14.8. The number of cyclic esters (lactones) is 1. The number of likely N-dealkylation sites (tertiary alicyclic amines) is 1. The van der Waals surface area contributed by atoms with Crippen LogP contribution in [0.2, 0.25) is 0 Å². The Morgan fingerprint density at radius 1 is 1.01 bits per heavy atom. The predicted octanol–water partition coefficient (Wildman–Crippen LogP) is 6.29. The highest BCUT2D eigenvalue weighted by Gasteiger charge is 2.39. The molecule has 16 heteroatoms. The van der Waals surface area contributed by atoms with Gasteiger partial charge in [-0.15, -0.1) is 0 Å². The molecule has 2 saturated heterocycles. The number of ether oxygens (including phenoxy) is 2. The van der Waals surface area contributed by atoms with Gasteiger partial charge in [-0.25, -0.2) is 5.43 Å². The lowest BCUT2D eigenvalue weighted by atomic mass is 9.84. The Hall–Kier alpha value is -6.10. The summed E-state index contributed by atoms with van der Waals surface area (Å²) in [5, 5.41) is 16.8.